The predicted molar refractivity (Wildman–Crippen MR) is 79.2 cm³/mol. The van der Waals surface area contributed by atoms with Crippen LogP contribution in [-0.2, 0) is 6.42 Å². The minimum absolute atomic E-state index is 0.0490. The Morgan fingerprint density at radius 3 is 2.86 bits per heavy atom. The first kappa shape index (κ1) is 15.1. The Hall–Kier alpha value is -2.34. The highest BCUT2D eigenvalue weighted by Crippen LogP contribution is 2.17. The van der Waals surface area contributed by atoms with E-state index in [-0.39, 0.29) is 5.69 Å². The average molecular weight is 308 g/mol. The summed E-state index contributed by atoms with van der Waals surface area (Å²) in [5.74, 6) is 0.415. The maximum Gasteiger partial charge on any atom is 0.354 e. The number of anilines is 1. The zero-order valence-corrected chi connectivity index (χ0v) is 12.1. The van der Waals surface area contributed by atoms with E-state index in [4.69, 9.17) is 21.4 Å². The van der Waals surface area contributed by atoms with Crippen LogP contribution in [0, 0.1) is 0 Å². The number of nitrogens with zero attached hydrogens (tertiary/aromatic N) is 2. The van der Waals surface area contributed by atoms with Crippen molar-refractivity contribution < 1.29 is 14.6 Å². The van der Waals surface area contributed by atoms with E-state index in [0.717, 1.165) is 0 Å². The van der Waals surface area contributed by atoms with Crippen molar-refractivity contribution >= 4 is 23.4 Å². The summed E-state index contributed by atoms with van der Waals surface area (Å²) >= 11 is 5.86. The molecule has 1 aromatic carbocycles. The zero-order chi connectivity index (χ0) is 15.2. The largest absolute Gasteiger partial charge is 0.493 e. The van der Waals surface area contributed by atoms with Crippen LogP contribution in [0.25, 0.3) is 0 Å². The summed E-state index contributed by atoms with van der Waals surface area (Å²) in [5.41, 5.74) is -0.0490. The molecule has 0 bridgehead atoms. The van der Waals surface area contributed by atoms with Crippen molar-refractivity contribution in [3.05, 3.63) is 46.9 Å². The fraction of sp³-hybridized carbons (Fsp3) is 0.214. The molecule has 0 aliphatic rings. The third-order valence-corrected chi connectivity index (χ3v) is 2.87. The van der Waals surface area contributed by atoms with Gasteiger partial charge in [-0.25, -0.2) is 14.8 Å². The molecule has 0 amide bonds. The van der Waals surface area contributed by atoms with Gasteiger partial charge in [-0.1, -0.05) is 17.7 Å². The number of nitrogens with one attached hydrogen (secondary N) is 1. The topological polar surface area (TPSA) is 84.3 Å². The number of ether oxygens (including phenoxy) is 1. The normalized spacial score (nSPS) is 10.2. The lowest BCUT2D eigenvalue weighted by Gasteiger charge is -2.07. The van der Waals surface area contributed by atoms with Crippen molar-refractivity contribution in [2.45, 2.75) is 6.42 Å². The molecule has 110 valence electrons. The molecule has 0 spiro atoms. The summed E-state index contributed by atoms with van der Waals surface area (Å²) in [7, 11) is 1.67. The molecule has 0 atom stereocenters. The second-order valence-electron chi connectivity index (χ2n) is 4.17. The minimum Gasteiger partial charge on any atom is -0.493 e. The van der Waals surface area contributed by atoms with Crippen LogP contribution in [0.2, 0.25) is 5.02 Å². The predicted octanol–water partition coefficient (Wildman–Crippen LogP) is 2.49. The van der Waals surface area contributed by atoms with Crippen LogP contribution in [-0.4, -0.2) is 34.7 Å². The third kappa shape index (κ3) is 4.32. The fourth-order valence-electron chi connectivity index (χ4n) is 1.66. The Morgan fingerprint density at radius 2 is 2.19 bits per heavy atom. The van der Waals surface area contributed by atoms with Crippen LogP contribution >= 0.6 is 11.6 Å². The molecule has 0 aliphatic heterocycles. The molecule has 0 fully saturated rings. The molecule has 1 aromatic heterocycles. The Kier molecular flexibility index (Phi) is 4.94. The summed E-state index contributed by atoms with van der Waals surface area (Å²) in [6.45, 7) is 0.326. The van der Waals surface area contributed by atoms with Gasteiger partial charge in [0.15, 0.2) is 5.69 Å². The lowest BCUT2D eigenvalue weighted by atomic mass is 10.3. The molecule has 2 aromatic rings. The van der Waals surface area contributed by atoms with Gasteiger partial charge in [-0.2, -0.15) is 0 Å². The van der Waals surface area contributed by atoms with Crippen molar-refractivity contribution in [1.82, 2.24) is 9.97 Å². The number of aromatic nitrogens is 2. The molecule has 1 heterocycles. The SMILES string of the molecule is CNc1cc(C(=O)O)nc(CCOc2cccc(Cl)c2)n1. The van der Waals surface area contributed by atoms with Crippen LogP contribution in [0.5, 0.6) is 5.75 Å². The van der Waals surface area contributed by atoms with E-state index >= 15 is 0 Å². The Labute approximate surface area is 126 Å². The Bertz CT molecular complexity index is 649. The van der Waals surface area contributed by atoms with Crippen molar-refractivity contribution in [1.29, 1.82) is 0 Å². The highest BCUT2D eigenvalue weighted by atomic mass is 35.5. The van der Waals surface area contributed by atoms with Gasteiger partial charge in [0.05, 0.1) is 6.61 Å². The van der Waals surface area contributed by atoms with Gasteiger partial charge < -0.3 is 15.2 Å². The average Bonchev–Trinajstić information content (AvgIpc) is 2.47. The second kappa shape index (κ2) is 6.90. The number of rotatable bonds is 6. The van der Waals surface area contributed by atoms with Gasteiger partial charge in [0.25, 0.3) is 0 Å². The first-order chi connectivity index (χ1) is 10.1. The van der Waals surface area contributed by atoms with Gasteiger partial charge in [-0.15, -0.1) is 0 Å². The van der Waals surface area contributed by atoms with Crippen molar-refractivity contribution in [3.8, 4) is 5.75 Å². The maximum absolute atomic E-state index is 11.0. The molecule has 2 N–H and O–H groups in total. The monoisotopic (exact) mass is 307 g/mol. The van der Waals surface area contributed by atoms with Gasteiger partial charge in [-0.05, 0) is 18.2 Å². The highest BCUT2D eigenvalue weighted by molar-refractivity contribution is 6.30. The van der Waals surface area contributed by atoms with E-state index in [1.807, 2.05) is 0 Å². The molecule has 0 saturated carbocycles. The van der Waals surface area contributed by atoms with E-state index in [1.54, 1.807) is 31.3 Å². The van der Waals surface area contributed by atoms with Crippen LogP contribution in [0.4, 0.5) is 5.82 Å². The molecule has 0 saturated heterocycles. The first-order valence-corrected chi connectivity index (χ1v) is 6.63. The van der Waals surface area contributed by atoms with E-state index < -0.39 is 5.97 Å². The summed E-state index contributed by atoms with van der Waals surface area (Å²) < 4.78 is 5.53. The lowest BCUT2D eigenvalue weighted by molar-refractivity contribution is 0.0690. The number of hydrogen-bond donors (Lipinski definition) is 2. The maximum atomic E-state index is 11.0. The number of aromatic carboxylic acids is 1. The minimum atomic E-state index is -1.09. The number of benzene rings is 1. The fourth-order valence-corrected chi connectivity index (χ4v) is 1.84. The Morgan fingerprint density at radius 1 is 1.38 bits per heavy atom. The summed E-state index contributed by atoms with van der Waals surface area (Å²) in [6, 6.07) is 8.42. The van der Waals surface area contributed by atoms with E-state index in [2.05, 4.69) is 15.3 Å². The van der Waals surface area contributed by atoms with Crippen LogP contribution in [0.1, 0.15) is 16.3 Å². The molecule has 21 heavy (non-hydrogen) atoms. The number of carboxylic acid groups (broad SMARTS) is 1. The molecule has 6 nitrogen and oxygen atoms in total. The number of carboxylic acids is 1. The zero-order valence-electron chi connectivity index (χ0n) is 11.3. The first-order valence-electron chi connectivity index (χ1n) is 6.26. The number of halogens is 1. The third-order valence-electron chi connectivity index (χ3n) is 2.64. The van der Waals surface area contributed by atoms with Gasteiger partial charge in [0.1, 0.15) is 17.4 Å². The summed E-state index contributed by atoms with van der Waals surface area (Å²) in [6.07, 6.45) is 0.391. The molecule has 2 rings (SSSR count). The van der Waals surface area contributed by atoms with E-state index in [1.165, 1.54) is 6.07 Å². The van der Waals surface area contributed by atoms with Crippen LogP contribution < -0.4 is 10.1 Å². The van der Waals surface area contributed by atoms with E-state index in [0.29, 0.717) is 35.4 Å². The molecular formula is C14H14ClN3O3. The van der Waals surface area contributed by atoms with Crippen molar-refractivity contribution in [2.75, 3.05) is 19.0 Å². The van der Waals surface area contributed by atoms with Crippen LogP contribution in [0.15, 0.2) is 30.3 Å². The van der Waals surface area contributed by atoms with Gasteiger partial charge in [0, 0.05) is 24.6 Å². The van der Waals surface area contributed by atoms with Crippen LogP contribution in [0.3, 0.4) is 0 Å². The van der Waals surface area contributed by atoms with Gasteiger partial charge in [0.2, 0.25) is 0 Å². The molecule has 0 radical (unpaired) electrons. The summed E-state index contributed by atoms with van der Waals surface area (Å²) in [4.78, 5) is 19.2. The standard InChI is InChI=1S/C14H14ClN3O3/c1-16-13-8-11(14(19)20)17-12(18-13)5-6-21-10-4-2-3-9(15)7-10/h2-4,7-8H,5-6H2,1H3,(H,19,20)(H,16,17,18). The summed E-state index contributed by atoms with van der Waals surface area (Å²) in [5, 5.41) is 12.4. The molecule has 7 heteroatoms. The number of hydrogen-bond acceptors (Lipinski definition) is 5. The lowest BCUT2D eigenvalue weighted by Crippen LogP contribution is -2.11. The number of carbonyl (C=O) groups is 1. The Balaban J connectivity index is 2.02. The van der Waals surface area contributed by atoms with Gasteiger partial charge in [-0.3, -0.25) is 0 Å². The molecular weight excluding hydrogens is 294 g/mol. The van der Waals surface area contributed by atoms with E-state index in [9.17, 15) is 4.79 Å². The smallest absolute Gasteiger partial charge is 0.354 e. The van der Waals surface area contributed by atoms with Crippen molar-refractivity contribution in [2.24, 2.45) is 0 Å². The quantitative estimate of drug-likeness (QED) is 0.853. The highest BCUT2D eigenvalue weighted by Gasteiger charge is 2.10. The molecule has 0 unspecified atom stereocenters. The van der Waals surface area contributed by atoms with Gasteiger partial charge >= 0.3 is 5.97 Å². The van der Waals surface area contributed by atoms with Crippen molar-refractivity contribution in [3.63, 3.8) is 0 Å². The second-order valence-corrected chi connectivity index (χ2v) is 4.60. The molecule has 0 aliphatic carbocycles.